The molecule has 0 aromatic carbocycles. The summed E-state index contributed by atoms with van der Waals surface area (Å²) in [5.74, 6) is 0. The van der Waals surface area contributed by atoms with Gasteiger partial charge in [0.1, 0.15) is 0 Å². The third kappa shape index (κ3) is 2.66. The summed E-state index contributed by atoms with van der Waals surface area (Å²) in [5, 5.41) is 0. The van der Waals surface area contributed by atoms with E-state index in [4.69, 9.17) is 0 Å². The molecule has 0 amide bonds. The molecule has 0 unspecified atom stereocenters. The van der Waals surface area contributed by atoms with Crippen molar-refractivity contribution in [2.75, 3.05) is 40.3 Å². The topological polar surface area (TPSA) is 28.2 Å². The summed E-state index contributed by atoms with van der Waals surface area (Å²) in [6.45, 7) is -1.85. The zero-order chi connectivity index (χ0) is 24.8. The third-order valence-electron chi connectivity index (χ3n) is 6.17. The monoisotopic (exact) mass is 519 g/mol. The number of hydrogen-bond donors (Lipinski definition) is 0. The molecule has 3 saturated heterocycles. The van der Waals surface area contributed by atoms with Crippen LogP contribution in [0.25, 0.3) is 0 Å². The molecule has 0 aromatic heterocycles. The van der Waals surface area contributed by atoms with Crippen molar-refractivity contribution in [3.8, 4) is 0 Å². The molecule has 0 saturated carbocycles. The zero-order valence-electron chi connectivity index (χ0n) is 16.4. The first kappa shape index (κ1) is 26.0. The van der Waals surface area contributed by atoms with Crippen molar-refractivity contribution >= 4 is 7.51 Å². The standard InChI is InChI=1S/C14H18F12N3O2P/c1-27-7-8-28(2)32(27,29-5-3-4-6-29)30-9(11(15,16)17,12(18,19)20)10(31-32,13(21,22)23)14(24,25)26/h3-8H2,1-2H3. The zero-order valence-corrected chi connectivity index (χ0v) is 17.3. The Morgan fingerprint density at radius 3 is 1.09 bits per heavy atom. The van der Waals surface area contributed by atoms with Gasteiger partial charge in [0.05, 0.1) is 0 Å². The molecule has 32 heavy (non-hydrogen) atoms. The Morgan fingerprint density at radius 1 is 0.562 bits per heavy atom. The average molecular weight is 519 g/mol. The molecular formula is C14H18F12N3O2P. The molecule has 3 aliphatic heterocycles. The number of alkyl halides is 12. The van der Waals surface area contributed by atoms with E-state index in [9.17, 15) is 52.7 Å². The molecule has 0 bridgehead atoms. The van der Waals surface area contributed by atoms with Crippen LogP contribution in [0.15, 0.2) is 0 Å². The van der Waals surface area contributed by atoms with Crippen molar-refractivity contribution in [3.63, 3.8) is 0 Å². The van der Waals surface area contributed by atoms with Gasteiger partial charge in [-0.1, -0.05) is 0 Å². The molecule has 3 heterocycles. The van der Waals surface area contributed by atoms with Crippen LogP contribution in [0.4, 0.5) is 52.7 Å². The normalized spacial score (nSPS) is 30.6. The van der Waals surface area contributed by atoms with E-state index in [2.05, 4.69) is 9.05 Å². The van der Waals surface area contributed by atoms with E-state index in [1.165, 1.54) is 0 Å². The molecular weight excluding hydrogens is 501 g/mol. The molecule has 3 aliphatic rings. The Labute approximate surface area is 173 Å². The number of nitrogens with zero attached hydrogens (tertiary/aromatic N) is 3. The predicted octanol–water partition coefficient (Wildman–Crippen LogP) is 4.86. The Morgan fingerprint density at radius 2 is 0.844 bits per heavy atom. The first-order valence-corrected chi connectivity index (χ1v) is 11.0. The Kier molecular flexibility index (Phi) is 5.48. The molecule has 18 heteroatoms. The maximum atomic E-state index is 14.1. The van der Waals surface area contributed by atoms with Crippen molar-refractivity contribution in [1.29, 1.82) is 0 Å². The van der Waals surface area contributed by atoms with Gasteiger partial charge < -0.3 is 0 Å². The molecule has 1 spiro atoms. The van der Waals surface area contributed by atoms with Gasteiger partial charge in [0.2, 0.25) is 0 Å². The van der Waals surface area contributed by atoms with Gasteiger partial charge in [0.15, 0.2) is 0 Å². The Balaban J connectivity index is 2.57. The fraction of sp³-hybridized carbons (Fsp3) is 1.00. The van der Waals surface area contributed by atoms with Crippen LogP contribution in [0, 0.1) is 0 Å². The SMILES string of the molecule is CN1CCN(C)P12(N1CCCC1)OC(C(F)(F)F)(C(F)(F)F)C(C(F)(F)F)(C(F)(F)F)O2. The molecule has 3 fully saturated rings. The van der Waals surface area contributed by atoms with Gasteiger partial charge in [0.25, 0.3) is 0 Å². The van der Waals surface area contributed by atoms with Crippen molar-refractivity contribution in [2.45, 2.75) is 48.7 Å². The minimum absolute atomic E-state index is 0.0857. The molecule has 190 valence electrons. The van der Waals surface area contributed by atoms with E-state index in [1.54, 1.807) is 0 Å². The quantitative estimate of drug-likeness (QED) is 0.365. The van der Waals surface area contributed by atoms with Gasteiger partial charge in [0, 0.05) is 0 Å². The molecule has 5 nitrogen and oxygen atoms in total. The van der Waals surface area contributed by atoms with Crippen molar-refractivity contribution in [3.05, 3.63) is 0 Å². The van der Waals surface area contributed by atoms with Crippen LogP contribution < -0.4 is 0 Å². The summed E-state index contributed by atoms with van der Waals surface area (Å²) in [4.78, 5) is 0. The molecule has 0 N–H and O–H groups in total. The second-order valence-corrected chi connectivity index (χ2v) is 11.8. The molecule has 0 aromatic rings. The van der Waals surface area contributed by atoms with Crippen LogP contribution in [0.2, 0.25) is 0 Å². The van der Waals surface area contributed by atoms with E-state index in [0.717, 1.165) is 14.1 Å². The fourth-order valence-corrected chi connectivity index (χ4v) is 10.4. The Bertz CT molecular complexity index is 676. The maximum absolute atomic E-state index is 14.1. The van der Waals surface area contributed by atoms with Crippen LogP contribution in [-0.4, -0.2) is 90.2 Å². The van der Waals surface area contributed by atoms with Crippen LogP contribution >= 0.6 is 7.51 Å². The molecule has 0 atom stereocenters. The summed E-state index contributed by atoms with van der Waals surface area (Å²) >= 11 is 0. The van der Waals surface area contributed by atoms with Gasteiger partial charge in [-0.05, 0) is 0 Å². The first-order chi connectivity index (χ1) is 14.2. The fourth-order valence-electron chi connectivity index (χ4n) is 4.71. The number of rotatable bonds is 1. The first-order valence-electron chi connectivity index (χ1n) is 9.05. The van der Waals surface area contributed by atoms with Crippen LogP contribution in [0.5, 0.6) is 0 Å². The van der Waals surface area contributed by atoms with Gasteiger partial charge >= 0.3 is 172 Å². The molecule has 3 rings (SSSR count). The van der Waals surface area contributed by atoms with Crippen molar-refractivity contribution in [2.24, 2.45) is 0 Å². The summed E-state index contributed by atoms with van der Waals surface area (Å²) in [7, 11) is -4.82. The Hall–Kier alpha value is -0.610. The number of halogens is 12. The van der Waals surface area contributed by atoms with Gasteiger partial charge in [-0.15, -0.1) is 0 Å². The van der Waals surface area contributed by atoms with E-state index in [0.29, 0.717) is 14.0 Å². The molecule has 0 aliphatic carbocycles. The minimum atomic E-state index is -7.22. The average Bonchev–Trinajstić information content (AvgIpc) is 3.26. The van der Waals surface area contributed by atoms with E-state index in [-0.39, 0.29) is 12.8 Å². The third-order valence-corrected chi connectivity index (χ3v) is 11.5. The van der Waals surface area contributed by atoms with E-state index in [1.807, 2.05) is 0 Å². The van der Waals surface area contributed by atoms with Crippen LogP contribution in [0.3, 0.4) is 0 Å². The summed E-state index contributed by atoms with van der Waals surface area (Å²) in [6, 6.07) is 0. The second-order valence-electron chi connectivity index (χ2n) is 7.79. The van der Waals surface area contributed by atoms with Crippen LogP contribution in [-0.2, 0) is 9.05 Å². The van der Waals surface area contributed by atoms with Crippen molar-refractivity contribution < 1.29 is 61.7 Å². The van der Waals surface area contributed by atoms with E-state index < -0.39 is 69.6 Å². The summed E-state index contributed by atoms with van der Waals surface area (Å²) in [5.41, 5.74) is -13.6. The second kappa shape index (κ2) is 6.74. The summed E-state index contributed by atoms with van der Waals surface area (Å²) < 4.78 is 179. The van der Waals surface area contributed by atoms with Gasteiger partial charge in [-0.25, -0.2) is 0 Å². The van der Waals surface area contributed by atoms with E-state index >= 15 is 0 Å². The predicted molar refractivity (Wildman–Crippen MR) is 84.8 cm³/mol. The van der Waals surface area contributed by atoms with Crippen LogP contribution in [0.1, 0.15) is 12.8 Å². The van der Waals surface area contributed by atoms with Gasteiger partial charge in [-0.2, -0.15) is 0 Å². The summed E-state index contributed by atoms with van der Waals surface area (Å²) in [6.07, 6.45) is -28.7. The van der Waals surface area contributed by atoms with Crippen molar-refractivity contribution in [1.82, 2.24) is 14.0 Å². The number of likely N-dealkylation sites (N-methyl/N-ethyl adjacent to an activating group) is 2. The number of hydrogen-bond acceptors (Lipinski definition) is 5. The van der Waals surface area contributed by atoms with Gasteiger partial charge in [-0.3, -0.25) is 0 Å². The molecule has 0 radical (unpaired) electrons.